The Bertz CT molecular complexity index is 684. The first-order valence-electron chi connectivity index (χ1n) is 8.42. The van der Waals surface area contributed by atoms with E-state index in [2.05, 4.69) is 4.74 Å². The molecule has 1 aliphatic rings. The lowest BCUT2D eigenvalue weighted by atomic mass is 9.80. The highest BCUT2D eigenvalue weighted by Crippen LogP contribution is 2.39. The number of hydrogen-bond acceptors (Lipinski definition) is 6. The van der Waals surface area contributed by atoms with Gasteiger partial charge in [0.05, 0.1) is 13.2 Å². The van der Waals surface area contributed by atoms with Crippen molar-refractivity contribution in [2.75, 3.05) is 7.11 Å². The summed E-state index contributed by atoms with van der Waals surface area (Å²) in [6.07, 6.45) is -0.0724. The first kappa shape index (κ1) is 19.9. The number of hydrogen-bond donors (Lipinski definition) is 1. The summed E-state index contributed by atoms with van der Waals surface area (Å²) in [5.41, 5.74) is 0.305. The highest BCUT2D eigenvalue weighted by molar-refractivity contribution is 5.86. The number of benzene rings is 1. The van der Waals surface area contributed by atoms with Gasteiger partial charge in [0.25, 0.3) is 0 Å². The lowest BCUT2D eigenvalue weighted by Crippen LogP contribution is -2.35. The van der Waals surface area contributed by atoms with Crippen molar-refractivity contribution < 1.29 is 33.3 Å². The molecule has 7 heteroatoms. The van der Waals surface area contributed by atoms with Gasteiger partial charge in [-0.2, -0.15) is 0 Å². The Morgan fingerprint density at radius 3 is 2.62 bits per heavy atom. The second-order valence-corrected chi connectivity index (χ2v) is 6.32. The van der Waals surface area contributed by atoms with Crippen LogP contribution in [0.5, 0.6) is 0 Å². The number of carbonyl (C=O) groups excluding carboxylic acids is 2. The van der Waals surface area contributed by atoms with E-state index in [0.29, 0.717) is 5.56 Å². The molecule has 1 N–H and O–H groups in total. The van der Waals surface area contributed by atoms with Gasteiger partial charge in [0.1, 0.15) is 5.82 Å². The molecule has 6 nitrogen and oxygen atoms in total. The van der Waals surface area contributed by atoms with Gasteiger partial charge in [-0.05, 0) is 38.0 Å². The minimum atomic E-state index is -1.39. The van der Waals surface area contributed by atoms with Crippen molar-refractivity contribution in [3.05, 3.63) is 47.5 Å². The van der Waals surface area contributed by atoms with E-state index in [9.17, 15) is 19.1 Å². The fourth-order valence-electron chi connectivity index (χ4n) is 2.88. The summed E-state index contributed by atoms with van der Waals surface area (Å²) in [7, 11) is 1.27. The summed E-state index contributed by atoms with van der Waals surface area (Å²) in [6, 6.07) is 6.09. The van der Waals surface area contributed by atoms with Gasteiger partial charge < -0.3 is 19.3 Å². The number of halogens is 1. The normalized spacial score (nSPS) is 22.4. The van der Waals surface area contributed by atoms with Crippen molar-refractivity contribution >= 4 is 11.9 Å². The molecule has 0 bridgehead atoms. The molecular formula is C19H23FO6. The van der Waals surface area contributed by atoms with Crippen LogP contribution in [0.1, 0.15) is 38.2 Å². The van der Waals surface area contributed by atoms with Crippen LogP contribution < -0.4 is 0 Å². The molecule has 0 amide bonds. The zero-order chi connectivity index (χ0) is 19.3. The van der Waals surface area contributed by atoms with E-state index >= 15 is 0 Å². The lowest BCUT2D eigenvalue weighted by Gasteiger charge is -2.34. The van der Waals surface area contributed by atoms with E-state index in [0.717, 1.165) is 0 Å². The predicted molar refractivity (Wildman–Crippen MR) is 90.3 cm³/mol. The molecule has 1 aromatic carbocycles. The van der Waals surface area contributed by atoms with Crippen LogP contribution in [-0.2, 0) is 23.8 Å². The fraction of sp³-hybridized carbons (Fsp3) is 0.474. The quantitative estimate of drug-likeness (QED) is 0.780. The summed E-state index contributed by atoms with van der Waals surface area (Å²) in [5, 5.41) is 10.4. The molecule has 0 saturated heterocycles. The lowest BCUT2D eigenvalue weighted by molar-refractivity contribution is -0.164. The van der Waals surface area contributed by atoms with E-state index in [1.165, 1.54) is 19.3 Å². The number of methoxy groups -OCH3 is 1. The average molecular weight is 366 g/mol. The van der Waals surface area contributed by atoms with Gasteiger partial charge >= 0.3 is 11.9 Å². The van der Waals surface area contributed by atoms with Gasteiger partial charge in [-0.15, -0.1) is 0 Å². The van der Waals surface area contributed by atoms with Crippen molar-refractivity contribution in [3.63, 3.8) is 0 Å². The van der Waals surface area contributed by atoms with E-state index < -0.39 is 35.9 Å². The van der Waals surface area contributed by atoms with Crippen molar-refractivity contribution in [3.8, 4) is 0 Å². The standard InChI is InChI=1S/C19H23FO6/c1-11(2)25-19(23)16-10-14(12-6-4-5-7-15(12)20)13(18(22)26-16)8-9-17(21)24-3/h4-7,10-11,13-14,18,22H,8-9H2,1-3H3/t13-,14-,18+/m1/s1. The molecule has 0 unspecified atom stereocenters. The zero-order valence-electron chi connectivity index (χ0n) is 15.0. The minimum Gasteiger partial charge on any atom is -0.469 e. The maximum absolute atomic E-state index is 14.3. The van der Waals surface area contributed by atoms with Crippen LogP contribution in [0.25, 0.3) is 0 Å². The SMILES string of the molecule is COC(=O)CC[C@@H]1[C@@H](c2ccccc2F)C=C(C(=O)OC(C)C)O[C@@H]1O. The minimum absolute atomic E-state index is 0.0339. The monoisotopic (exact) mass is 366 g/mol. The van der Waals surface area contributed by atoms with Crippen LogP contribution in [0.15, 0.2) is 36.1 Å². The topological polar surface area (TPSA) is 82.1 Å². The first-order chi connectivity index (χ1) is 12.3. The smallest absolute Gasteiger partial charge is 0.373 e. The summed E-state index contributed by atoms with van der Waals surface area (Å²) in [5.74, 6) is -3.09. The molecular weight excluding hydrogens is 343 g/mol. The molecule has 0 saturated carbocycles. The number of rotatable bonds is 6. The summed E-state index contributed by atoms with van der Waals surface area (Å²) in [6.45, 7) is 3.37. The van der Waals surface area contributed by atoms with Crippen LogP contribution in [0.3, 0.4) is 0 Å². The van der Waals surface area contributed by atoms with Crippen LogP contribution in [0.2, 0.25) is 0 Å². The molecule has 0 radical (unpaired) electrons. The van der Waals surface area contributed by atoms with Crippen molar-refractivity contribution in [2.24, 2.45) is 5.92 Å². The van der Waals surface area contributed by atoms with Gasteiger partial charge in [-0.3, -0.25) is 4.79 Å². The Hall–Kier alpha value is -2.41. The molecule has 142 valence electrons. The third-order valence-corrected chi connectivity index (χ3v) is 4.12. The molecule has 0 aliphatic carbocycles. The van der Waals surface area contributed by atoms with E-state index in [1.807, 2.05) is 0 Å². The molecule has 1 aromatic rings. The maximum Gasteiger partial charge on any atom is 0.373 e. The number of esters is 2. The van der Waals surface area contributed by atoms with Gasteiger partial charge in [-0.25, -0.2) is 9.18 Å². The van der Waals surface area contributed by atoms with Crippen molar-refractivity contribution in [1.29, 1.82) is 0 Å². The molecule has 0 aromatic heterocycles. The van der Waals surface area contributed by atoms with E-state index in [1.54, 1.807) is 32.0 Å². The van der Waals surface area contributed by atoms with Crippen LogP contribution >= 0.6 is 0 Å². The maximum atomic E-state index is 14.3. The molecule has 2 rings (SSSR count). The second-order valence-electron chi connectivity index (χ2n) is 6.32. The third kappa shape index (κ3) is 4.82. The highest BCUT2D eigenvalue weighted by Gasteiger charge is 2.38. The first-order valence-corrected chi connectivity index (χ1v) is 8.42. The van der Waals surface area contributed by atoms with Gasteiger partial charge in [-0.1, -0.05) is 18.2 Å². The Kier molecular flexibility index (Phi) is 6.74. The third-order valence-electron chi connectivity index (χ3n) is 4.12. The molecule has 0 spiro atoms. The van der Waals surface area contributed by atoms with Crippen molar-refractivity contribution in [1.82, 2.24) is 0 Å². The summed E-state index contributed by atoms with van der Waals surface area (Å²) in [4.78, 5) is 23.6. The van der Waals surface area contributed by atoms with E-state index in [4.69, 9.17) is 9.47 Å². The second kappa shape index (κ2) is 8.80. The number of carbonyl (C=O) groups is 2. The molecule has 26 heavy (non-hydrogen) atoms. The fourth-order valence-corrected chi connectivity index (χ4v) is 2.88. The predicted octanol–water partition coefficient (Wildman–Crippen LogP) is 2.66. The largest absolute Gasteiger partial charge is 0.469 e. The number of ether oxygens (including phenoxy) is 3. The number of aliphatic hydroxyl groups excluding tert-OH is 1. The van der Waals surface area contributed by atoms with Gasteiger partial charge in [0.15, 0.2) is 0 Å². The van der Waals surface area contributed by atoms with Crippen LogP contribution in [0, 0.1) is 11.7 Å². The Morgan fingerprint density at radius 1 is 1.31 bits per heavy atom. The molecule has 0 fully saturated rings. The molecule has 1 heterocycles. The Balaban J connectivity index is 2.35. The van der Waals surface area contributed by atoms with Crippen LogP contribution in [-0.4, -0.2) is 36.5 Å². The number of allylic oxidation sites excluding steroid dienone is 1. The molecule has 3 atom stereocenters. The summed E-state index contributed by atoms with van der Waals surface area (Å²) < 4.78 is 29.3. The molecule has 1 aliphatic heterocycles. The number of aliphatic hydroxyl groups is 1. The summed E-state index contributed by atoms with van der Waals surface area (Å²) >= 11 is 0. The van der Waals surface area contributed by atoms with E-state index in [-0.39, 0.29) is 24.7 Å². The zero-order valence-corrected chi connectivity index (χ0v) is 15.0. The van der Waals surface area contributed by atoms with Gasteiger partial charge in [0, 0.05) is 18.3 Å². The van der Waals surface area contributed by atoms with Gasteiger partial charge in [0.2, 0.25) is 12.0 Å². The Morgan fingerprint density at radius 2 is 2.00 bits per heavy atom. The highest BCUT2D eigenvalue weighted by atomic mass is 19.1. The van der Waals surface area contributed by atoms with Crippen molar-refractivity contribution in [2.45, 2.75) is 45.0 Å². The average Bonchev–Trinajstić information content (AvgIpc) is 2.59. The van der Waals surface area contributed by atoms with Crippen LogP contribution in [0.4, 0.5) is 4.39 Å². The Labute approximate surface area is 151 Å².